The van der Waals surface area contributed by atoms with Gasteiger partial charge in [0.05, 0.1) is 4.90 Å². The molecule has 1 aromatic carbocycles. The third-order valence-electron chi connectivity index (χ3n) is 3.33. The van der Waals surface area contributed by atoms with Crippen molar-refractivity contribution in [1.82, 2.24) is 9.62 Å². The van der Waals surface area contributed by atoms with Crippen LogP contribution in [0.15, 0.2) is 23.1 Å². The Balaban J connectivity index is 0.00000180. The van der Waals surface area contributed by atoms with Crippen LogP contribution in [0.4, 0.5) is 4.39 Å². The molecular weight excluding hydrogens is 291 g/mol. The number of nitrogens with one attached hydrogen (secondary N) is 1. The quantitative estimate of drug-likeness (QED) is 0.921. The van der Waals surface area contributed by atoms with Crippen LogP contribution in [-0.4, -0.2) is 38.9 Å². The van der Waals surface area contributed by atoms with Gasteiger partial charge in [0.1, 0.15) is 5.82 Å². The van der Waals surface area contributed by atoms with Gasteiger partial charge in [-0.15, -0.1) is 12.4 Å². The molecule has 1 N–H and O–H groups in total. The normalized spacial score (nSPS) is 20.3. The average Bonchev–Trinajstić information content (AvgIpc) is 2.81. The molecule has 19 heavy (non-hydrogen) atoms. The Morgan fingerprint density at radius 3 is 2.68 bits per heavy atom. The lowest BCUT2D eigenvalue weighted by Gasteiger charge is -2.18. The second-order valence-corrected chi connectivity index (χ2v) is 6.45. The van der Waals surface area contributed by atoms with E-state index in [2.05, 4.69) is 5.32 Å². The molecule has 1 saturated heterocycles. The van der Waals surface area contributed by atoms with E-state index in [1.165, 1.54) is 16.4 Å². The summed E-state index contributed by atoms with van der Waals surface area (Å²) in [6, 6.07) is 4.04. The highest BCUT2D eigenvalue weighted by atomic mass is 35.5. The van der Waals surface area contributed by atoms with Gasteiger partial charge in [-0.3, -0.25) is 0 Å². The SMILES string of the molecule is CNC1CCN(S(=O)(=O)c2cc(F)ccc2C)C1.Cl. The summed E-state index contributed by atoms with van der Waals surface area (Å²) in [5.74, 6) is -0.525. The molecule has 1 fully saturated rings. The third-order valence-corrected chi connectivity index (χ3v) is 5.33. The fraction of sp³-hybridized carbons (Fsp3) is 0.500. The molecule has 7 heteroatoms. The lowest BCUT2D eigenvalue weighted by Crippen LogP contribution is -2.33. The summed E-state index contributed by atoms with van der Waals surface area (Å²) in [6.45, 7) is 2.59. The maximum absolute atomic E-state index is 13.2. The number of hydrogen-bond donors (Lipinski definition) is 1. The Bertz CT molecular complexity index is 551. The standard InChI is InChI=1S/C12H17FN2O2S.ClH/c1-9-3-4-10(13)7-12(9)18(16,17)15-6-5-11(8-15)14-2;/h3-4,7,11,14H,5-6,8H2,1-2H3;1H. The van der Waals surface area contributed by atoms with Gasteiger partial charge in [0, 0.05) is 19.1 Å². The molecule has 0 aliphatic carbocycles. The van der Waals surface area contributed by atoms with Crippen LogP contribution in [0.5, 0.6) is 0 Å². The summed E-state index contributed by atoms with van der Waals surface area (Å²) >= 11 is 0. The molecule has 1 aliphatic heterocycles. The lowest BCUT2D eigenvalue weighted by molar-refractivity contribution is 0.463. The second kappa shape index (κ2) is 6.17. The lowest BCUT2D eigenvalue weighted by atomic mass is 10.2. The zero-order chi connectivity index (χ0) is 13.3. The number of hydrogen-bond acceptors (Lipinski definition) is 3. The van der Waals surface area contributed by atoms with Crippen molar-refractivity contribution >= 4 is 22.4 Å². The Morgan fingerprint density at radius 2 is 2.11 bits per heavy atom. The predicted molar refractivity (Wildman–Crippen MR) is 74.6 cm³/mol. The zero-order valence-electron chi connectivity index (χ0n) is 10.9. The van der Waals surface area contributed by atoms with Crippen molar-refractivity contribution in [2.45, 2.75) is 24.3 Å². The fourth-order valence-electron chi connectivity index (χ4n) is 2.17. The maximum Gasteiger partial charge on any atom is 0.243 e. The summed E-state index contributed by atoms with van der Waals surface area (Å²) in [6.07, 6.45) is 0.782. The monoisotopic (exact) mass is 308 g/mol. The van der Waals surface area contributed by atoms with Crippen LogP contribution < -0.4 is 5.32 Å². The van der Waals surface area contributed by atoms with Crippen molar-refractivity contribution in [3.63, 3.8) is 0 Å². The summed E-state index contributed by atoms with van der Waals surface area (Å²) < 4.78 is 39.4. The zero-order valence-corrected chi connectivity index (χ0v) is 12.5. The van der Waals surface area contributed by atoms with E-state index < -0.39 is 15.8 Å². The molecule has 1 aliphatic rings. The Hall–Kier alpha value is -0.690. The highest BCUT2D eigenvalue weighted by Gasteiger charge is 2.32. The first kappa shape index (κ1) is 16.4. The van der Waals surface area contributed by atoms with E-state index in [1.54, 1.807) is 6.92 Å². The van der Waals surface area contributed by atoms with Gasteiger partial charge in [-0.2, -0.15) is 4.31 Å². The van der Waals surface area contributed by atoms with Crippen LogP contribution in [-0.2, 0) is 10.0 Å². The van der Waals surface area contributed by atoms with Crippen LogP contribution in [0.1, 0.15) is 12.0 Å². The molecular formula is C12H18ClFN2O2S. The van der Waals surface area contributed by atoms with Crippen molar-refractivity contribution in [3.05, 3.63) is 29.6 Å². The van der Waals surface area contributed by atoms with Crippen molar-refractivity contribution in [3.8, 4) is 0 Å². The van der Waals surface area contributed by atoms with Gasteiger partial charge >= 0.3 is 0 Å². The second-order valence-electron chi connectivity index (χ2n) is 4.55. The molecule has 1 unspecified atom stereocenters. The van der Waals surface area contributed by atoms with Crippen LogP contribution in [0.2, 0.25) is 0 Å². The topological polar surface area (TPSA) is 49.4 Å². The van der Waals surface area contributed by atoms with Crippen molar-refractivity contribution in [1.29, 1.82) is 0 Å². The Morgan fingerprint density at radius 1 is 1.42 bits per heavy atom. The largest absolute Gasteiger partial charge is 0.316 e. The molecule has 0 spiro atoms. The number of sulfonamides is 1. The summed E-state index contributed by atoms with van der Waals surface area (Å²) in [7, 11) is -1.77. The summed E-state index contributed by atoms with van der Waals surface area (Å²) in [4.78, 5) is 0.0688. The Kier molecular flexibility index (Phi) is 5.32. The van der Waals surface area contributed by atoms with Gasteiger partial charge < -0.3 is 5.32 Å². The minimum atomic E-state index is -3.58. The molecule has 0 saturated carbocycles. The molecule has 0 aromatic heterocycles. The van der Waals surface area contributed by atoms with E-state index in [0.29, 0.717) is 18.7 Å². The molecule has 0 amide bonds. The van der Waals surface area contributed by atoms with Gasteiger partial charge in [0.2, 0.25) is 10.0 Å². The molecule has 2 rings (SSSR count). The highest BCUT2D eigenvalue weighted by Crippen LogP contribution is 2.24. The van der Waals surface area contributed by atoms with E-state index in [0.717, 1.165) is 12.5 Å². The minimum Gasteiger partial charge on any atom is -0.316 e. The van der Waals surface area contributed by atoms with Crippen LogP contribution in [0.25, 0.3) is 0 Å². The van der Waals surface area contributed by atoms with Crippen LogP contribution in [0, 0.1) is 12.7 Å². The van der Waals surface area contributed by atoms with Gasteiger partial charge in [-0.05, 0) is 38.1 Å². The van der Waals surface area contributed by atoms with Crippen molar-refractivity contribution in [2.24, 2.45) is 0 Å². The molecule has 0 radical (unpaired) electrons. The first-order valence-electron chi connectivity index (χ1n) is 5.88. The van der Waals surface area contributed by atoms with Crippen LogP contribution >= 0.6 is 12.4 Å². The summed E-state index contributed by atoms with van der Waals surface area (Å²) in [5.41, 5.74) is 0.573. The third kappa shape index (κ3) is 3.25. The highest BCUT2D eigenvalue weighted by molar-refractivity contribution is 7.89. The van der Waals surface area contributed by atoms with E-state index in [4.69, 9.17) is 0 Å². The van der Waals surface area contributed by atoms with Crippen molar-refractivity contribution < 1.29 is 12.8 Å². The first-order chi connectivity index (χ1) is 8.45. The van der Waals surface area contributed by atoms with Gasteiger partial charge in [0.15, 0.2) is 0 Å². The van der Waals surface area contributed by atoms with Crippen molar-refractivity contribution in [2.75, 3.05) is 20.1 Å². The number of nitrogens with zero attached hydrogens (tertiary/aromatic N) is 1. The van der Waals surface area contributed by atoms with Gasteiger partial charge in [-0.25, -0.2) is 12.8 Å². The smallest absolute Gasteiger partial charge is 0.243 e. The van der Waals surface area contributed by atoms with Gasteiger partial charge in [-0.1, -0.05) is 6.07 Å². The molecule has 0 bridgehead atoms. The number of aryl methyl sites for hydroxylation is 1. The van der Waals surface area contributed by atoms with Crippen LogP contribution in [0.3, 0.4) is 0 Å². The molecule has 1 aromatic rings. The average molecular weight is 309 g/mol. The van der Waals surface area contributed by atoms with Gasteiger partial charge in [0.25, 0.3) is 0 Å². The molecule has 1 heterocycles. The van der Waals surface area contributed by atoms with E-state index in [1.807, 2.05) is 7.05 Å². The van der Waals surface area contributed by atoms with E-state index in [9.17, 15) is 12.8 Å². The number of benzene rings is 1. The minimum absolute atomic E-state index is 0. The number of likely N-dealkylation sites (N-methyl/N-ethyl adjacent to an activating group) is 1. The number of halogens is 2. The molecule has 1 atom stereocenters. The first-order valence-corrected chi connectivity index (χ1v) is 7.32. The molecule has 4 nitrogen and oxygen atoms in total. The van der Waals surface area contributed by atoms with E-state index >= 15 is 0 Å². The summed E-state index contributed by atoms with van der Waals surface area (Å²) in [5, 5.41) is 3.06. The fourth-order valence-corrected chi connectivity index (χ4v) is 3.91. The Labute approximate surface area is 119 Å². The van der Waals surface area contributed by atoms with E-state index in [-0.39, 0.29) is 23.3 Å². The number of rotatable bonds is 3. The maximum atomic E-state index is 13.2. The predicted octanol–water partition coefficient (Wildman–Crippen LogP) is 1.54. The molecule has 108 valence electrons.